The number of nitrogen functional groups attached to an aromatic ring is 2. The lowest BCUT2D eigenvalue weighted by Gasteiger charge is -2.19. The molecule has 1 aromatic carbocycles. The zero-order chi connectivity index (χ0) is 34.8. The summed E-state index contributed by atoms with van der Waals surface area (Å²) in [6, 6.07) is 5.22. The quantitative estimate of drug-likeness (QED) is 0.103. The molecule has 1 aliphatic heterocycles. The number of nitrogens with two attached hydrogens (primary N) is 2. The Morgan fingerprint density at radius 1 is 1.00 bits per heavy atom. The van der Waals surface area contributed by atoms with Crippen molar-refractivity contribution in [3.8, 4) is 0 Å². The number of carboxylic acids is 1. The van der Waals surface area contributed by atoms with Crippen molar-refractivity contribution in [2.24, 2.45) is 0 Å². The van der Waals surface area contributed by atoms with Gasteiger partial charge in [-0.25, -0.2) is 19.6 Å². The molecule has 1 saturated heterocycles. The number of hydrogen-bond donors (Lipinski definition) is 5. The van der Waals surface area contributed by atoms with E-state index >= 15 is 0 Å². The molecular weight excluding hydrogens is 628 g/mol. The van der Waals surface area contributed by atoms with Gasteiger partial charge in [-0.1, -0.05) is 6.42 Å². The molecule has 7 N–H and O–H groups in total. The molecule has 0 aliphatic carbocycles. The molecule has 254 valence electrons. The summed E-state index contributed by atoms with van der Waals surface area (Å²) in [5, 5.41) is 15.2. The molecule has 4 amide bonds. The van der Waals surface area contributed by atoms with Crippen LogP contribution in [-0.2, 0) is 35.4 Å². The number of benzene rings is 1. The van der Waals surface area contributed by atoms with Crippen LogP contribution in [0.1, 0.15) is 67.4 Å². The van der Waals surface area contributed by atoms with Crippen LogP contribution in [0, 0.1) is 0 Å². The fourth-order valence-electron chi connectivity index (χ4n) is 4.73. The van der Waals surface area contributed by atoms with E-state index in [4.69, 9.17) is 16.3 Å². The Bertz CT molecular complexity index is 1680. The van der Waals surface area contributed by atoms with Crippen LogP contribution in [0.15, 0.2) is 30.5 Å². The van der Waals surface area contributed by atoms with E-state index in [9.17, 15) is 33.9 Å². The van der Waals surface area contributed by atoms with E-state index in [1.165, 1.54) is 0 Å². The molecule has 1 unspecified atom stereocenters. The zero-order valence-corrected chi connectivity index (χ0v) is 26.2. The third-order valence-corrected chi connectivity index (χ3v) is 7.31. The number of carbonyl (C=O) groups is 6. The van der Waals surface area contributed by atoms with Gasteiger partial charge in [-0.3, -0.25) is 19.2 Å². The Morgan fingerprint density at radius 3 is 2.40 bits per heavy atom. The molecule has 1 fully saturated rings. The molecule has 3 aromatic rings. The Kier molecular flexibility index (Phi) is 11.7. The number of hydrogen-bond acceptors (Lipinski definition) is 14. The molecule has 18 nitrogen and oxygen atoms in total. The maximum Gasteiger partial charge on any atom is 0.333 e. The third kappa shape index (κ3) is 9.54. The van der Waals surface area contributed by atoms with Crippen LogP contribution in [0.3, 0.4) is 0 Å². The van der Waals surface area contributed by atoms with Gasteiger partial charge in [-0.2, -0.15) is 9.97 Å². The van der Waals surface area contributed by atoms with Gasteiger partial charge in [0.05, 0.1) is 18.4 Å². The summed E-state index contributed by atoms with van der Waals surface area (Å²) in [6.07, 6.45) is 2.88. The minimum absolute atomic E-state index is 0.00185. The van der Waals surface area contributed by atoms with Crippen molar-refractivity contribution < 1.29 is 38.7 Å². The van der Waals surface area contributed by atoms with Gasteiger partial charge in [-0.05, 0) is 43.5 Å². The number of rotatable bonds is 16. The van der Waals surface area contributed by atoms with Crippen LogP contribution in [-0.4, -0.2) is 85.3 Å². The van der Waals surface area contributed by atoms with Crippen molar-refractivity contribution in [1.29, 1.82) is 0 Å². The smallest absolute Gasteiger partial charge is 0.333 e. The molecule has 1 aliphatic rings. The average molecular weight is 665 g/mol. The Hall–Kier alpha value is -5.94. The lowest BCUT2D eigenvalue weighted by molar-refractivity contribution is -0.197. The lowest BCUT2D eigenvalue weighted by Crippen LogP contribution is -2.41. The maximum atomic E-state index is 12.8. The van der Waals surface area contributed by atoms with Gasteiger partial charge in [0.25, 0.3) is 17.7 Å². The second-order valence-electron chi connectivity index (χ2n) is 11.0. The van der Waals surface area contributed by atoms with Crippen LogP contribution in [0.5, 0.6) is 0 Å². The molecule has 0 bridgehead atoms. The molecule has 48 heavy (non-hydrogen) atoms. The molecule has 2 aromatic heterocycles. The van der Waals surface area contributed by atoms with E-state index in [0.29, 0.717) is 48.6 Å². The highest BCUT2D eigenvalue weighted by molar-refractivity contribution is 6.01. The Labute approximate surface area is 274 Å². The van der Waals surface area contributed by atoms with Crippen molar-refractivity contribution in [3.63, 3.8) is 0 Å². The second-order valence-corrected chi connectivity index (χ2v) is 11.0. The number of anilines is 3. The lowest BCUT2D eigenvalue weighted by atomic mass is 10.1. The number of hydroxylamine groups is 2. The van der Waals surface area contributed by atoms with E-state index in [1.54, 1.807) is 30.5 Å². The first-order valence-corrected chi connectivity index (χ1v) is 15.1. The number of aromatic nitrogens is 4. The van der Waals surface area contributed by atoms with Gasteiger partial charge in [0.2, 0.25) is 11.9 Å². The molecule has 3 heterocycles. The molecule has 0 saturated carbocycles. The molecule has 18 heteroatoms. The average Bonchev–Trinajstić information content (AvgIpc) is 3.36. The van der Waals surface area contributed by atoms with Crippen molar-refractivity contribution in [1.82, 2.24) is 35.6 Å². The SMILES string of the molecule is CN(Cc1cnc2nc(N)nc(N)c2n1)c1ccc(C(=O)NC(CCC(=O)NCCCCCC(=O)ON2C(=O)CCC2=O)C(=O)O)cc1. The standard InChI is InChI=1S/C30H36N10O8/c1-39(16-18-15-34-27-25(35-18)26(31)37-30(32)38-27)19-8-6-17(7-9-19)28(45)36-20(29(46)47)10-11-21(41)33-14-4-2-3-5-24(44)48-40-22(42)12-13-23(40)43/h6-9,15,20H,2-5,10-14,16H2,1H3,(H,33,41)(H,36,45)(H,46,47)(H4,31,32,34,37,38). The predicted octanol–water partition coefficient (Wildman–Crippen LogP) is 0.468. The number of carboxylic acid groups (broad SMARTS) is 1. The number of fused-ring (bicyclic) bond motifs is 1. The van der Waals surface area contributed by atoms with Crippen molar-refractivity contribution >= 4 is 64.2 Å². The number of carbonyl (C=O) groups excluding carboxylic acids is 5. The molecule has 0 spiro atoms. The normalized spacial score (nSPS) is 13.3. The van der Waals surface area contributed by atoms with E-state index in [1.807, 2.05) is 11.9 Å². The zero-order valence-electron chi connectivity index (χ0n) is 26.2. The first kappa shape index (κ1) is 34.9. The minimum Gasteiger partial charge on any atom is -0.480 e. The summed E-state index contributed by atoms with van der Waals surface area (Å²) < 4.78 is 0. The van der Waals surface area contributed by atoms with Gasteiger partial charge in [0, 0.05) is 50.5 Å². The second kappa shape index (κ2) is 16.1. The number of amides is 4. The maximum absolute atomic E-state index is 12.8. The Balaban J connectivity index is 1.16. The molecule has 0 radical (unpaired) electrons. The largest absolute Gasteiger partial charge is 0.480 e. The van der Waals surface area contributed by atoms with Gasteiger partial charge in [0.1, 0.15) is 6.04 Å². The first-order valence-electron chi connectivity index (χ1n) is 15.1. The van der Waals surface area contributed by atoms with E-state index in [0.717, 1.165) is 5.69 Å². The highest BCUT2D eigenvalue weighted by Gasteiger charge is 2.32. The summed E-state index contributed by atoms with van der Waals surface area (Å²) in [6.45, 7) is 0.647. The fourth-order valence-corrected chi connectivity index (χ4v) is 4.73. The van der Waals surface area contributed by atoms with Crippen LogP contribution in [0.25, 0.3) is 11.2 Å². The highest BCUT2D eigenvalue weighted by Crippen LogP contribution is 2.19. The highest BCUT2D eigenvalue weighted by atomic mass is 16.7. The van der Waals surface area contributed by atoms with Crippen LogP contribution in [0.4, 0.5) is 17.5 Å². The van der Waals surface area contributed by atoms with E-state index in [-0.39, 0.29) is 61.0 Å². The number of nitrogens with zero attached hydrogens (tertiary/aromatic N) is 6. The van der Waals surface area contributed by atoms with Crippen molar-refractivity contribution in [3.05, 3.63) is 41.7 Å². The number of nitrogens with one attached hydrogen (secondary N) is 2. The molecular formula is C30H36N10O8. The van der Waals surface area contributed by atoms with E-state index < -0.39 is 35.7 Å². The van der Waals surface area contributed by atoms with Gasteiger partial charge >= 0.3 is 11.9 Å². The number of aliphatic carboxylic acids is 1. The van der Waals surface area contributed by atoms with E-state index in [2.05, 4.69) is 30.6 Å². The van der Waals surface area contributed by atoms with Crippen molar-refractivity contribution in [2.75, 3.05) is 30.0 Å². The minimum atomic E-state index is -1.29. The summed E-state index contributed by atoms with van der Waals surface area (Å²) in [7, 11) is 1.82. The monoisotopic (exact) mass is 664 g/mol. The Morgan fingerprint density at radius 2 is 1.71 bits per heavy atom. The number of imide groups is 1. The third-order valence-electron chi connectivity index (χ3n) is 7.31. The van der Waals surface area contributed by atoms with Crippen LogP contribution < -0.4 is 27.0 Å². The van der Waals surface area contributed by atoms with Crippen LogP contribution in [0.2, 0.25) is 0 Å². The summed E-state index contributed by atoms with van der Waals surface area (Å²) in [5.41, 5.74) is 13.7. The van der Waals surface area contributed by atoms with Gasteiger partial charge in [-0.15, -0.1) is 5.06 Å². The molecule has 1 atom stereocenters. The van der Waals surface area contributed by atoms with Gasteiger partial charge in [0.15, 0.2) is 17.0 Å². The topological polar surface area (TPSA) is 266 Å². The summed E-state index contributed by atoms with van der Waals surface area (Å²) >= 11 is 0. The predicted molar refractivity (Wildman–Crippen MR) is 169 cm³/mol. The number of unbranched alkanes of at least 4 members (excludes halogenated alkanes) is 2. The van der Waals surface area contributed by atoms with Gasteiger partial charge < -0.3 is 36.9 Å². The fraction of sp³-hybridized carbons (Fsp3) is 0.400. The first-order chi connectivity index (χ1) is 22.9. The molecule has 4 rings (SSSR count). The summed E-state index contributed by atoms with van der Waals surface area (Å²) in [5.74, 6) is -3.92. The van der Waals surface area contributed by atoms with Crippen LogP contribution >= 0.6 is 0 Å². The summed E-state index contributed by atoms with van der Waals surface area (Å²) in [4.78, 5) is 94.9. The van der Waals surface area contributed by atoms with Crippen molar-refractivity contribution in [2.45, 2.75) is 64.0 Å².